The fourth-order valence-electron chi connectivity index (χ4n) is 3.14. The molecule has 0 atom stereocenters. The van der Waals surface area contributed by atoms with Gasteiger partial charge in [0.15, 0.2) is 0 Å². The SMILES string of the molecule is Cc1nn(C(=N)N)c(C)c1C(c1ccc(Cl)cc1)c1ccc(Cl)cc1. The molecule has 0 spiro atoms. The first-order valence-corrected chi connectivity index (χ1v) is 8.55. The summed E-state index contributed by atoms with van der Waals surface area (Å²) >= 11 is 12.1. The van der Waals surface area contributed by atoms with Crippen molar-refractivity contribution in [1.29, 1.82) is 5.41 Å². The van der Waals surface area contributed by atoms with Crippen LogP contribution in [-0.2, 0) is 0 Å². The van der Waals surface area contributed by atoms with E-state index in [-0.39, 0.29) is 11.9 Å². The van der Waals surface area contributed by atoms with Crippen molar-refractivity contribution in [1.82, 2.24) is 9.78 Å². The van der Waals surface area contributed by atoms with E-state index in [0.717, 1.165) is 28.1 Å². The number of nitrogens with zero attached hydrogens (tertiary/aromatic N) is 2. The zero-order chi connectivity index (χ0) is 18.1. The molecule has 25 heavy (non-hydrogen) atoms. The number of hydrogen-bond donors (Lipinski definition) is 2. The quantitative estimate of drug-likeness (QED) is 0.515. The summed E-state index contributed by atoms with van der Waals surface area (Å²) in [6, 6.07) is 15.5. The summed E-state index contributed by atoms with van der Waals surface area (Å²) in [7, 11) is 0. The first-order chi connectivity index (χ1) is 11.9. The Morgan fingerprint density at radius 1 is 0.960 bits per heavy atom. The van der Waals surface area contributed by atoms with Gasteiger partial charge in [0.25, 0.3) is 0 Å². The van der Waals surface area contributed by atoms with Crippen molar-refractivity contribution < 1.29 is 0 Å². The summed E-state index contributed by atoms with van der Waals surface area (Å²) in [5.74, 6) is -0.152. The Hall–Kier alpha value is -2.30. The van der Waals surface area contributed by atoms with Crippen LogP contribution in [0.25, 0.3) is 0 Å². The first kappa shape index (κ1) is 17.5. The van der Waals surface area contributed by atoms with E-state index in [1.54, 1.807) is 0 Å². The van der Waals surface area contributed by atoms with Crippen LogP contribution in [0, 0.1) is 19.3 Å². The van der Waals surface area contributed by atoms with Crippen LogP contribution in [0.2, 0.25) is 10.0 Å². The maximum Gasteiger partial charge on any atom is 0.213 e. The number of benzene rings is 2. The Bertz CT molecular complexity index is 866. The number of rotatable bonds is 3. The van der Waals surface area contributed by atoms with Crippen molar-refractivity contribution in [2.75, 3.05) is 0 Å². The van der Waals surface area contributed by atoms with Gasteiger partial charge >= 0.3 is 0 Å². The summed E-state index contributed by atoms with van der Waals surface area (Å²) in [4.78, 5) is 0. The fourth-order valence-corrected chi connectivity index (χ4v) is 3.40. The Morgan fingerprint density at radius 2 is 1.40 bits per heavy atom. The Kier molecular flexibility index (Phi) is 4.84. The number of aromatic nitrogens is 2. The van der Waals surface area contributed by atoms with E-state index in [9.17, 15) is 0 Å². The molecule has 1 heterocycles. The number of halogens is 2. The minimum Gasteiger partial charge on any atom is -0.368 e. The molecule has 128 valence electrons. The van der Waals surface area contributed by atoms with Gasteiger partial charge in [0.2, 0.25) is 5.96 Å². The van der Waals surface area contributed by atoms with E-state index >= 15 is 0 Å². The molecule has 2 aromatic carbocycles. The lowest BCUT2D eigenvalue weighted by atomic mass is 9.84. The summed E-state index contributed by atoms with van der Waals surface area (Å²) < 4.78 is 1.46. The van der Waals surface area contributed by atoms with Crippen LogP contribution in [0.1, 0.15) is 34.0 Å². The fraction of sp³-hybridized carbons (Fsp3) is 0.158. The molecule has 4 nitrogen and oxygen atoms in total. The standard InChI is InChI=1S/C19H18Cl2N4/c1-11-17(12(2)25(24-11)19(22)23)18(13-3-7-15(20)8-4-13)14-5-9-16(21)10-6-14/h3-10,18H,1-2H3,(H3,22,23). The highest BCUT2D eigenvalue weighted by Crippen LogP contribution is 2.36. The number of aryl methyl sites for hydroxylation is 1. The average molecular weight is 373 g/mol. The van der Waals surface area contributed by atoms with Crippen LogP contribution in [-0.4, -0.2) is 15.7 Å². The van der Waals surface area contributed by atoms with Gasteiger partial charge in [-0.15, -0.1) is 0 Å². The van der Waals surface area contributed by atoms with Gasteiger partial charge in [-0.2, -0.15) is 5.10 Å². The predicted molar refractivity (Wildman–Crippen MR) is 103 cm³/mol. The van der Waals surface area contributed by atoms with Crippen LogP contribution in [0.4, 0.5) is 0 Å². The molecule has 0 fully saturated rings. The smallest absolute Gasteiger partial charge is 0.213 e. The van der Waals surface area contributed by atoms with Gasteiger partial charge in [0, 0.05) is 27.2 Å². The Balaban J connectivity index is 2.23. The summed E-state index contributed by atoms with van der Waals surface area (Å²) in [5, 5.41) is 13.5. The molecule has 0 unspecified atom stereocenters. The van der Waals surface area contributed by atoms with Crippen LogP contribution < -0.4 is 5.73 Å². The molecule has 1 aromatic heterocycles. The minimum atomic E-state index is -0.0992. The number of nitrogens with two attached hydrogens (primary N) is 1. The molecule has 0 aliphatic rings. The highest BCUT2D eigenvalue weighted by Gasteiger charge is 2.25. The van der Waals surface area contributed by atoms with E-state index < -0.39 is 0 Å². The van der Waals surface area contributed by atoms with Gasteiger partial charge in [-0.05, 0) is 49.2 Å². The summed E-state index contributed by atoms with van der Waals surface area (Å²) in [6.45, 7) is 3.86. The van der Waals surface area contributed by atoms with Crippen LogP contribution in [0.3, 0.4) is 0 Å². The first-order valence-electron chi connectivity index (χ1n) is 7.80. The molecular formula is C19H18Cl2N4. The largest absolute Gasteiger partial charge is 0.368 e. The second-order valence-corrected chi connectivity index (χ2v) is 6.79. The second-order valence-electron chi connectivity index (χ2n) is 5.92. The van der Waals surface area contributed by atoms with Gasteiger partial charge in [-0.25, -0.2) is 4.68 Å². The average Bonchev–Trinajstić information content (AvgIpc) is 2.87. The van der Waals surface area contributed by atoms with Crippen LogP contribution in [0.5, 0.6) is 0 Å². The molecule has 0 saturated carbocycles. The highest BCUT2D eigenvalue weighted by atomic mass is 35.5. The van der Waals surface area contributed by atoms with Crippen molar-refractivity contribution in [3.05, 3.63) is 86.7 Å². The maximum absolute atomic E-state index is 7.74. The molecule has 3 rings (SSSR count). The third kappa shape index (κ3) is 3.41. The molecule has 0 aliphatic heterocycles. The van der Waals surface area contributed by atoms with Crippen molar-refractivity contribution in [3.63, 3.8) is 0 Å². The molecule has 0 saturated heterocycles. The normalized spacial score (nSPS) is 11.1. The minimum absolute atomic E-state index is 0.0531. The Labute approximate surface area is 156 Å². The summed E-state index contributed by atoms with van der Waals surface area (Å²) in [5.41, 5.74) is 10.5. The zero-order valence-corrected chi connectivity index (χ0v) is 15.4. The zero-order valence-electron chi connectivity index (χ0n) is 13.9. The van der Waals surface area contributed by atoms with Crippen molar-refractivity contribution in [2.24, 2.45) is 5.73 Å². The second kappa shape index (κ2) is 6.90. The van der Waals surface area contributed by atoms with Crippen LogP contribution >= 0.6 is 23.2 Å². The lowest BCUT2D eigenvalue weighted by Gasteiger charge is -2.19. The molecular weight excluding hydrogens is 355 g/mol. The highest BCUT2D eigenvalue weighted by molar-refractivity contribution is 6.30. The van der Waals surface area contributed by atoms with E-state index in [4.69, 9.17) is 34.3 Å². The van der Waals surface area contributed by atoms with Gasteiger partial charge in [0.1, 0.15) is 0 Å². The lowest BCUT2D eigenvalue weighted by Crippen LogP contribution is -2.23. The van der Waals surface area contributed by atoms with Gasteiger partial charge in [0.05, 0.1) is 5.69 Å². The molecule has 3 N–H and O–H groups in total. The maximum atomic E-state index is 7.74. The van der Waals surface area contributed by atoms with Crippen molar-refractivity contribution in [3.8, 4) is 0 Å². The Morgan fingerprint density at radius 3 is 1.76 bits per heavy atom. The molecule has 6 heteroatoms. The molecule has 0 aliphatic carbocycles. The van der Waals surface area contributed by atoms with Gasteiger partial charge in [-0.3, -0.25) is 5.41 Å². The molecule has 3 aromatic rings. The monoisotopic (exact) mass is 372 g/mol. The third-order valence-corrected chi connectivity index (χ3v) is 4.77. The van der Waals surface area contributed by atoms with Gasteiger partial charge in [-0.1, -0.05) is 47.5 Å². The van der Waals surface area contributed by atoms with Gasteiger partial charge < -0.3 is 5.73 Å². The molecule has 0 radical (unpaired) electrons. The van der Waals surface area contributed by atoms with E-state index in [2.05, 4.69) is 5.10 Å². The van der Waals surface area contributed by atoms with Crippen LogP contribution in [0.15, 0.2) is 48.5 Å². The van der Waals surface area contributed by atoms with Crippen molar-refractivity contribution >= 4 is 29.2 Å². The number of nitrogens with one attached hydrogen (secondary N) is 1. The van der Waals surface area contributed by atoms with E-state index in [0.29, 0.717) is 10.0 Å². The third-order valence-electron chi connectivity index (χ3n) is 4.27. The van der Waals surface area contributed by atoms with E-state index in [1.807, 2.05) is 62.4 Å². The topological polar surface area (TPSA) is 67.7 Å². The van der Waals surface area contributed by atoms with E-state index in [1.165, 1.54) is 4.68 Å². The number of nitrogen functional groups attached to an aromatic ring is 1. The predicted octanol–water partition coefficient (Wildman–Crippen LogP) is 4.73. The molecule has 0 amide bonds. The lowest BCUT2D eigenvalue weighted by molar-refractivity contribution is 0.861. The molecule has 0 bridgehead atoms. The summed E-state index contributed by atoms with van der Waals surface area (Å²) in [6.07, 6.45) is 0. The van der Waals surface area contributed by atoms with Crippen molar-refractivity contribution in [2.45, 2.75) is 19.8 Å². The number of hydrogen-bond acceptors (Lipinski definition) is 2.